The first kappa shape index (κ1) is 13.0. The summed E-state index contributed by atoms with van der Waals surface area (Å²) in [5, 5.41) is 3.49. The summed E-state index contributed by atoms with van der Waals surface area (Å²) in [6, 6.07) is 2.46. The maximum absolute atomic E-state index is 5.86. The molecule has 3 N–H and O–H groups in total. The van der Waals surface area contributed by atoms with Crippen molar-refractivity contribution in [2.75, 3.05) is 12.3 Å². The molecule has 1 unspecified atom stereocenters. The van der Waals surface area contributed by atoms with E-state index in [2.05, 4.69) is 24.1 Å². The number of nitrogens with zero attached hydrogens (tertiary/aromatic N) is 1. The lowest BCUT2D eigenvalue weighted by Crippen LogP contribution is -2.26. The molecule has 0 amide bonds. The molecule has 3 heteroatoms. The van der Waals surface area contributed by atoms with E-state index in [4.69, 9.17) is 5.73 Å². The summed E-state index contributed by atoms with van der Waals surface area (Å²) in [6.07, 6.45) is 8.18. The van der Waals surface area contributed by atoms with Crippen molar-refractivity contribution in [3.8, 4) is 0 Å². The van der Waals surface area contributed by atoms with Crippen molar-refractivity contribution in [1.82, 2.24) is 10.3 Å². The summed E-state index contributed by atoms with van der Waals surface area (Å²) < 4.78 is 0. The highest BCUT2D eigenvalue weighted by Gasteiger charge is 2.02. The van der Waals surface area contributed by atoms with E-state index in [0.717, 1.165) is 25.1 Å². The summed E-state index contributed by atoms with van der Waals surface area (Å²) in [5.41, 5.74) is 7.90. The Kier molecular flexibility index (Phi) is 5.86. The molecule has 0 fully saturated rings. The van der Waals surface area contributed by atoms with Gasteiger partial charge in [0.2, 0.25) is 0 Å². The molecule has 90 valence electrons. The topological polar surface area (TPSA) is 50.9 Å². The van der Waals surface area contributed by atoms with Gasteiger partial charge in [0.25, 0.3) is 0 Å². The van der Waals surface area contributed by atoms with Gasteiger partial charge in [0.05, 0.1) is 0 Å². The van der Waals surface area contributed by atoms with Gasteiger partial charge in [-0.15, -0.1) is 0 Å². The van der Waals surface area contributed by atoms with Gasteiger partial charge in [-0.3, -0.25) is 4.98 Å². The number of rotatable bonds is 7. The Labute approximate surface area is 98.5 Å². The van der Waals surface area contributed by atoms with E-state index in [1.165, 1.54) is 18.4 Å². The summed E-state index contributed by atoms with van der Waals surface area (Å²) in [5.74, 6) is 0. The number of nitrogen functional groups attached to an aromatic ring is 1. The maximum Gasteiger partial charge on any atom is 0.0377 e. The van der Waals surface area contributed by atoms with Crippen LogP contribution in [0.2, 0.25) is 0 Å². The van der Waals surface area contributed by atoms with Crippen molar-refractivity contribution in [3.63, 3.8) is 0 Å². The number of nitrogens with one attached hydrogen (secondary N) is 1. The van der Waals surface area contributed by atoms with Crippen LogP contribution in [-0.2, 0) is 6.42 Å². The number of hydrogen-bond donors (Lipinski definition) is 2. The highest BCUT2D eigenvalue weighted by Crippen LogP contribution is 2.12. The van der Waals surface area contributed by atoms with Gasteiger partial charge >= 0.3 is 0 Å². The van der Waals surface area contributed by atoms with Crippen LogP contribution in [0.3, 0.4) is 0 Å². The monoisotopic (exact) mass is 221 g/mol. The molecular weight excluding hydrogens is 198 g/mol. The van der Waals surface area contributed by atoms with E-state index in [1.807, 2.05) is 12.3 Å². The number of nitrogens with two attached hydrogens (primary N) is 1. The average Bonchev–Trinajstić information content (AvgIpc) is 2.29. The smallest absolute Gasteiger partial charge is 0.0377 e. The molecule has 1 aromatic rings. The summed E-state index contributed by atoms with van der Waals surface area (Å²) in [6.45, 7) is 5.54. The quantitative estimate of drug-likeness (QED) is 0.743. The molecule has 0 aromatic carbocycles. The second kappa shape index (κ2) is 7.23. The van der Waals surface area contributed by atoms with Crippen molar-refractivity contribution in [2.24, 2.45) is 0 Å². The van der Waals surface area contributed by atoms with Crippen LogP contribution in [0.4, 0.5) is 5.69 Å². The van der Waals surface area contributed by atoms with E-state index in [-0.39, 0.29) is 0 Å². The number of aryl methyl sites for hydroxylation is 1. The third-order valence-corrected chi connectivity index (χ3v) is 2.77. The Hall–Kier alpha value is -1.09. The van der Waals surface area contributed by atoms with Crippen LogP contribution in [0.25, 0.3) is 0 Å². The Bertz CT molecular complexity index is 299. The lowest BCUT2D eigenvalue weighted by Gasteiger charge is -2.13. The molecule has 0 radical (unpaired) electrons. The SMILES string of the molecule is CCCNC(C)CCCc1cnccc1N. The van der Waals surface area contributed by atoms with Crippen LogP contribution in [0.15, 0.2) is 18.5 Å². The minimum atomic E-state index is 0.595. The van der Waals surface area contributed by atoms with Crippen molar-refractivity contribution in [2.45, 2.75) is 45.6 Å². The first-order valence-electron chi connectivity index (χ1n) is 6.15. The van der Waals surface area contributed by atoms with Gasteiger partial charge < -0.3 is 11.1 Å². The zero-order valence-electron chi connectivity index (χ0n) is 10.4. The second-order valence-corrected chi connectivity index (χ2v) is 4.32. The maximum atomic E-state index is 5.86. The number of anilines is 1. The highest BCUT2D eigenvalue weighted by atomic mass is 14.9. The minimum absolute atomic E-state index is 0.595. The summed E-state index contributed by atoms with van der Waals surface area (Å²) in [7, 11) is 0. The van der Waals surface area contributed by atoms with Crippen molar-refractivity contribution < 1.29 is 0 Å². The minimum Gasteiger partial charge on any atom is -0.398 e. The first-order valence-corrected chi connectivity index (χ1v) is 6.15. The van der Waals surface area contributed by atoms with Crippen LogP contribution < -0.4 is 11.1 Å². The predicted molar refractivity (Wildman–Crippen MR) is 69.3 cm³/mol. The largest absolute Gasteiger partial charge is 0.398 e. The number of hydrogen-bond acceptors (Lipinski definition) is 3. The third-order valence-electron chi connectivity index (χ3n) is 2.77. The van der Waals surface area contributed by atoms with E-state index in [0.29, 0.717) is 6.04 Å². The van der Waals surface area contributed by atoms with Crippen LogP contribution in [0.5, 0.6) is 0 Å². The van der Waals surface area contributed by atoms with Crippen molar-refractivity contribution >= 4 is 5.69 Å². The second-order valence-electron chi connectivity index (χ2n) is 4.32. The molecule has 0 spiro atoms. The normalized spacial score (nSPS) is 12.6. The lowest BCUT2D eigenvalue weighted by molar-refractivity contribution is 0.498. The molecule has 0 aliphatic heterocycles. The molecule has 0 aliphatic rings. The van der Waals surface area contributed by atoms with Gasteiger partial charge in [-0.1, -0.05) is 6.92 Å². The summed E-state index contributed by atoms with van der Waals surface area (Å²) in [4.78, 5) is 4.10. The van der Waals surface area contributed by atoms with E-state index in [1.54, 1.807) is 6.20 Å². The van der Waals surface area contributed by atoms with Crippen LogP contribution in [0.1, 0.15) is 38.7 Å². The lowest BCUT2D eigenvalue weighted by atomic mass is 10.1. The zero-order valence-corrected chi connectivity index (χ0v) is 10.4. The zero-order chi connectivity index (χ0) is 11.8. The fraction of sp³-hybridized carbons (Fsp3) is 0.615. The number of aromatic nitrogens is 1. The fourth-order valence-electron chi connectivity index (χ4n) is 1.74. The molecule has 1 heterocycles. The highest BCUT2D eigenvalue weighted by molar-refractivity contribution is 5.44. The molecule has 1 rings (SSSR count). The van der Waals surface area contributed by atoms with E-state index >= 15 is 0 Å². The summed E-state index contributed by atoms with van der Waals surface area (Å²) >= 11 is 0. The average molecular weight is 221 g/mol. The van der Waals surface area contributed by atoms with Crippen molar-refractivity contribution in [1.29, 1.82) is 0 Å². The van der Waals surface area contributed by atoms with Crippen LogP contribution in [0, 0.1) is 0 Å². The molecule has 0 bridgehead atoms. The molecule has 16 heavy (non-hydrogen) atoms. The Morgan fingerprint density at radius 2 is 2.31 bits per heavy atom. The molecule has 0 saturated heterocycles. The van der Waals surface area contributed by atoms with Gasteiger partial charge in [0.1, 0.15) is 0 Å². The van der Waals surface area contributed by atoms with Gasteiger partial charge in [0, 0.05) is 24.1 Å². The standard InChI is InChI=1S/C13H23N3/c1-3-8-16-11(2)5-4-6-12-10-15-9-7-13(12)14/h7,9-11,16H,3-6,8H2,1-2H3,(H2,14,15). The van der Waals surface area contributed by atoms with Crippen LogP contribution in [-0.4, -0.2) is 17.6 Å². The Balaban J connectivity index is 2.23. The van der Waals surface area contributed by atoms with Gasteiger partial charge in [-0.05, 0) is 50.8 Å². The predicted octanol–water partition coefficient (Wildman–Crippen LogP) is 2.37. The third kappa shape index (κ3) is 4.62. The molecule has 1 aromatic heterocycles. The molecule has 0 aliphatic carbocycles. The Morgan fingerprint density at radius 1 is 1.50 bits per heavy atom. The van der Waals surface area contributed by atoms with Gasteiger partial charge in [-0.2, -0.15) is 0 Å². The molecule has 3 nitrogen and oxygen atoms in total. The van der Waals surface area contributed by atoms with Crippen LogP contribution >= 0.6 is 0 Å². The van der Waals surface area contributed by atoms with Gasteiger partial charge in [-0.25, -0.2) is 0 Å². The molecular formula is C13H23N3. The van der Waals surface area contributed by atoms with Crippen molar-refractivity contribution in [3.05, 3.63) is 24.0 Å². The number of pyridine rings is 1. The Morgan fingerprint density at radius 3 is 3.00 bits per heavy atom. The fourth-order valence-corrected chi connectivity index (χ4v) is 1.74. The molecule has 1 atom stereocenters. The van der Waals surface area contributed by atoms with Gasteiger partial charge in [0.15, 0.2) is 0 Å². The van der Waals surface area contributed by atoms with E-state index < -0.39 is 0 Å². The molecule has 0 saturated carbocycles. The van der Waals surface area contributed by atoms with E-state index in [9.17, 15) is 0 Å². The first-order chi connectivity index (χ1) is 7.74.